The van der Waals surface area contributed by atoms with E-state index >= 15 is 0 Å². The zero-order valence-electron chi connectivity index (χ0n) is 10.3. The van der Waals surface area contributed by atoms with Gasteiger partial charge in [0.25, 0.3) is 0 Å². The number of aliphatic hydroxyl groups excluding tert-OH is 1. The van der Waals surface area contributed by atoms with E-state index in [9.17, 15) is 5.11 Å². The maximum Gasteiger partial charge on any atom is 0.133 e. The van der Waals surface area contributed by atoms with Gasteiger partial charge in [0, 0.05) is 5.41 Å². The summed E-state index contributed by atoms with van der Waals surface area (Å²) in [5.41, 5.74) is 2.89. The van der Waals surface area contributed by atoms with Crippen molar-refractivity contribution in [2.75, 3.05) is 0 Å². The molecule has 2 aromatic rings. The molecule has 1 aliphatic carbocycles. The molecule has 2 aromatic carbocycles. The summed E-state index contributed by atoms with van der Waals surface area (Å²) >= 11 is 0. The van der Waals surface area contributed by atoms with Crippen LogP contribution in [0.4, 0.5) is 0 Å². The summed E-state index contributed by atoms with van der Waals surface area (Å²) in [5, 5.41) is 10.6. The summed E-state index contributed by atoms with van der Waals surface area (Å²) in [7, 11) is 0. The van der Waals surface area contributed by atoms with Crippen molar-refractivity contribution >= 4 is 0 Å². The lowest BCUT2D eigenvalue weighted by Crippen LogP contribution is -2.20. The first-order chi connectivity index (χ1) is 8.74. The van der Waals surface area contributed by atoms with Gasteiger partial charge in [-0.2, -0.15) is 0 Å². The van der Waals surface area contributed by atoms with Crippen molar-refractivity contribution in [3.8, 4) is 0 Å². The first-order valence-corrected chi connectivity index (χ1v) is 6.27. The summed E-state index contributed by atoms with van der Waals surface area (Å²) in [6.45, 7) is 4.08. The van der Waals surface area contributed by atoms with Crippen LogP contribution in [-0.4, -0.2) is 5.11 Å². The van der Waals surface area contributed by atoms with Crippen molar-refractivity contribution in [1.29, 1.82) is 0 Å². The molecule has 1 fully saturated rings. The molecule has 1 nitrogen and oxygen atoms in total. The van der Waals surface area contributed by atoms with Crippen LogP contribution in [0.2, 0.25) is 0 Å². The number of aliphatic hydroxyl groups is 1. The van der Waals surface area contributed by atoms with Gasteiger partial charge in [-0.1, -0.05) is 54.6 Å². The average Bonchev–Trinajstić information content (AvgIpc) is 3.21. The lowest BCUT2D eigenvalue weighted by Gasteiger charge is -2.23. The molecule has 0 amide bonds. The fourth-order valence-corrected chi connectivity index (χ4v) is 2.62. The third kappa shape index (κ3) is 1.75. The molecule has 1 saturated carbocycles. The van der Waals surface area contributed by atoms with Gasteiger partial charge in [-0.25, -0.2) is 0 Å². The molecule has 1 heteroatoms. The van der Waals surface area contributed by atoms with Crippen LogP contribution in [0.25, 0.3) is 0 Å². The Morgan fingerprint density at radius 2 is 1.56 bits per heavy atom. The zero-order valence-corrected chi connectivity index (χ0v) is 10.3. The van der Waals surface area contributed by atoms with Crippen LogP contribution in [0.3, 0.4) is 0 Å². The quantitative estimate of drug-likeness (QED) is 0.858. The van der Waals surface area contributed by atoms with E-state index in [1.165, 1.54) is 0 Å². The predicted octanol–water partition coefficient (Wildman–Crippen LogP) is 3.85. The lowest BCUT2D eigenvalue weighted by molar-refractivity contribution is 0.280. The SMILES string of the molecule is [CH2]c1ccccc1C1([C](O)c2ccccc2)CC1. The van der Waals surface area contributed by atoms with Crippen molar-refractivity contribution in [2.24, 2.45) is 0 Å². The number of benzene rings is 2. The Hall–Kier alpha value is -1.60. The van der Waals surface area contributed by atoms with E-state index in [-0.39, 0.29) is 5.41 Å². The molecule has 0 heterocycles. The molecule has 0 spiro atoms. The van der Waals surface area contributed by atoms with Gasteiger partial charge < -0.3 is 5.11 Å². The van der Waals surface area contributed by atoms with Crippen LogP contribution in [0.5, 0.6) is 0 Å². The van der Waals surface area contributed by atoms with Gasteiger partial charge in [0.1, 0.15) is 6.10 Å². The van der Waals surface area contributed by atoms with Gasteiger partial charge in [-0.3, -0.25) is 0 Å². The first-order valence-electron chi connectivity index (χ1n) is 6.27. The molecule has 0 aromatic heterocycles. The van der Waals surface area contributed by atoms with Crippen LogP contribution in [0.1, 0.15) is 29.5 Å². The van der Waals surface area contributed by atoms with E-state index < -0.39 is 0 Å². The Morgan fingerprint density at radius 3 is 2.17 bits per heavy atom. The molecule has 18 heavy (non-hydrogen) atoms. The largest absolute Gasteiger partial charge is 0.381 e. The number of hydrogen-bond acceptors (Lipinski definition) is 1. The van der Waals surface area contributed by atoms with Gasteiger partial charge >= 0.3 is 0 Å². The third-order valence-corrected chi connectivity index (χ3v) is 3.78. The van der Waals surface area contributed by atoms with Crippen molar-refractivity contribution < 1.29 is 5.11 Å². The van der Waals surface area contributed by atoms with Gasteiger partial charge in [0.15, 0.2) is 0 Å². The molecule has 0 saturated heterocycles. The van der Waals surface area contributed by atoms with Crippen LogP contribution in [0, 0.1) is 13.0 Å². The summed E-state index contributed by atoms with van der Waals surface area (Å²) < 4.78 is 0. The maximum absolute atomic E-state index is 10.6. The Balaban J connectivity index is 1.99. The molecule has 0 aliphatic heterocycles. The summed E-state index contributed by atoms with van der Waals surface area (Å²) in [6, 6.07) is 17.9. The van der Waals surface area contributed by atoms with Crippen LogP contribution in [0.15, 0.2) is 54.6 Å². The molecule has 90 valence electrons. The number of hydrogen-bond donors (Lipinski definition) is 1. The Kier molecular flexibility index (Phi) is 2.71. The fourth-order valence-electron chi connectivity index (χ4n) is 2.62. The Morgan fingerprint density at radius 1 is 0.944 bits per heavy atom. The number of rotatable bonds is 3. The lowest BCUT2D eigenvalue weighted by atomic mass is 9.84. The summed E-state index contributed by atoms with van der Waals surface area (Å²) in [6.07, 6.45) is 2.49. The van der Waals surface area contributed by atoms with Crippen molar-refractivity contribution in [3.05, 3.63) is 84.3 Å². The minimum Gasteiger partial charge on any atom is -0.381 e. The minimum atomic E-state index is -0.195. The van der Waals surface area contributed by atoms with Crippen molar-refractivity contribution in [3.63, 3.8) is 0 Å². The summed E-state index contributed by atoms with van der Waals surface area (Å²) in [4.78, 5) is 0. The van der Waals surface area contributed by atoms with E-state index in [1.54, 1.807) is 0 Å². The highest BCUT2D eigenvalue weighted by Crippen LogP contribution is 2.56. The molecule has 0 atom stereocenters. The van der Waals surface area contributed by atoms with E-state index in [0.717, 1.165) is 29.5 Å². The second-order valence-electron chi connectivity index (χ2n) is 4.95. The maximum atomic E-state index is 10.6. The molecular weight excluding hydrogens is 220 g/mol. The van der Waals surface area contributed by atoms with Gasteiger partial charge in [0.2, 0.25) is 0 Å². The highest BCUT2D eigenvalue weighted by Gasteiger charge is 2.52. The molecule has 0 unspecified atom stereocenters. The van der Waals surface area contributed by atoms with Crippen LogP contribution < -0.4 is 0 Å². The molecule has 1 N–H and O–H groups in total. The second kappa shape index (κ2) is 4.25. The van der Waals surface area contributed by atoms with Crippen molar-refractivity contribution in [2.45, 2.75) is 18.3 Å². The molecule has 2 radical (unpaired) electrons. The van der Waals surface area contributed by atoms with E-state index in [1.807, 2.05) is 48.5 Å². The zero-order chi connectivity index (χ0) is 12.6. The average molecular weight is 236 g/mol. The van der Waals surface area contributed by atoms with Crippen molar-refractivity contribution in [1.82, 2.24) is 0 Å². The van der Waals surface area contributed by atoms with E-state index in [4.69, 9.17) is 0 Å². The highest BCUT2D eigenvalue weighted by atomic mass is 16.3. The smallest absolute Gasteiger partial charge is 0.133 e. The topological polar surface area (TPSA) is 20.2 Å². The molecular formula is C17H16O. The van der Waals surface area contributed by atoms with Gasteiger partial charge in [-0.15, -0.1) is 0 Å². The van der Waals surface area contributed by atoms with E-state index in [0.29, 0.717) is 6.10 Å². The molecule has 0 bridgehead atoms. The monoisotopic (exact) mass is 236 g/mol. The first kappa shape index (κ1) is 11.5. The second-order valence-corrected chi connectivity index (χ2v) is 4.95. The van der Waals surface area contributed by atoms with Gasteiger partial charge in [0.05, 0.1) is 0 Å². The van der Waals surface area contributed by atoms with Crippen LogP contribution in [-0.2, 0) is 5.41 Å². The molecule has 1 aliphatic rings. The fraction of sp³-hybridized carbons (Fsp3) is 0.176. The Labute approximate surface area is 108 Å². The van der Waals surface area contributed by atoms with Crippen LogP contribution >= 0.6 is 0 Å². The normalized spacial score (nSPS) is 16.8. The third-order valence-electron chi connectivity index (χ3n) is 3.78. The summed E-state index contributed by atoms with van der Waals surface area (Å²) in [5.74, 6) is 0. The minimum absolute atomic E-state index is 0.195. The highest BCUT2D eigenvalue weighted by molar-refractivity contribution is 5.49. The van der Waals surface area contributed by atoms with Gasteiger partial charge in [-0.05, 0) is 36.5 Å². The predicted molar refractivity (Wildman–Crippen MR) is 72.5 cm³/mol. The standard InChI is InChI=1S/C17H16O/c1-13-7-5-6-10-15(13)17(11-12-17)16(18)14-8-3-2-4-9-14/h2-10,18H,1,11-12H2. The van der Waals surface area contributed by atoms with E-state index in [2.05, 4.69) is 13.0 Å². The molecule has 3 rings (SSSR count). The Bertz CT molecular complexity index is 541.